The van der Waals surface area contributed by atoms with Gasteiger partial charge in [0.1, 0.15) is 0 Å². The summed E-state index contributed by atoms with van der Waals surface area (Å²) in [6.07, 6.45) is 0. The first kappa shape index (κ1) is 33.3. The predicted molar refractivity (Wildman–Crippen MR) is 275 cm³/mol. The number of fused-ring (bicyclic) bond motifs is 13. The lowest BCUT2D eigenvalue weighted by Crippen LogP contribution is -2.26. The average Bonchev–Trinajstić information content (AvgIpc) is 3.97. The Morgan fingerprint density at radius 1 is 0.333 bits per heavy atom. The smallest absolute Gasteiger partial charge is 0.0727 e. The van der Waals surface area contributed by atoms with Gasteiger partial charge in [-0.1, -0.05) is 190 Å². The van der Waals surface area contributed by atoms with Gasteiger partial charge in [-0.25, -0.2) is 0 Å². The minimum atomic E-state index is -0.674. The second-order valence-electron chi connectivity index (χ2n) is 18.1. The molecule has 13 rings (SSSR count). The third-order valence-electron chi connectivity index (χ3n) is 14.3. The molecule has 3 aliphatic carbocycles. The molecule has 0 amide bonds. The van der Waals surface area contributed by atoms with E-state index in [4.69, 9.17) is 6.85 Å². The Kier molecular flexibility index (Phi) is 7.41. The van der Waals surface area contributed by atoms with Crippen LogP contribution in [0.2, 0.25) is 0 Å². The fourth-order valence-corrected chi connectivity index (χ4v) is 11.5. The van der Waals surface area contributed by atoms with Crippen molar-refractivity contribution in [3.05, 3.63) is 276 Å². The molecule has 3 aliphatic rings. The minimum absolute atomic E-state index is 0.179. The largest absolute Gasteiger partial charge is 0.310 e. The molecule has 0 aliphatic heterocycles. The van der Waals surface area contributed by atoms with Crippen LogP contribution in [0.25, 0.3) is 44.5 Å². The summed E-state index contributed by atoms with van der Waals surface area (Å²) >= 11 is 0. The molecule has 1 spiro atoms. The molecule has 10 aromatic rings. The quantitative estimate of drug-likeness (QED) is 0.158. The van der Waals surface area contributed by atoms with Gasteiger partial charge in [-0.2, -0.15) is 0 Å². The topological polar surface area (TPSA) is 6.48 Å². The first-order valence-corrected chi connectivity index (χ1v) is 22.7. The highest BCUT2D eigenvalue weighted by molar-refractivity contribution is 5.99. The van der Waals surface area contributed by atoms with Crippen LogP contribution in [0.4, 0.5) is 34.1 Å². The van der Waals surface area contributed by atoms with Crippen LogP contribution in [-0.2, 0) is 10.8 Å². The zero-order valence-electron chi connectivity index (χ0n) is 41.6. The fraction of sp³-hybridized carbons (Fsp3) is 0.0625. The third-order valence-corrected chi connectivity index (χ3v) is 14.3. The number of anilines is 6. The molecule has 0 radical (unpaired) electrons. The van der Waals surface area contributed by atoms with Gasteiger partial charge < -0.3 is 9.80 Å². The molecule has 2 nitrogen and oxygen atoms in total. The summed E-state index contributed by atoms with van der Waals surface area (Å²) in [5.74, 6) is 0. The summed E-state index contributed by atoms with van der Waals surface area (Å²) in [6, 6.07) is 74.6. The van der Waals surface area contributed by atoms with Crippen LogP contribution in [-0.4, -0.2) is 0 Å². The van der Waals surface area contributed by atoms with Gasteiger partial charge in [0.05, 0.1) is 18.0 Å². The van der Waals surface area contributed by atoms with Gasteiger partial charge in [-0.3, -0.25) is 0 Å². The Hall–Kier alpha value is -8.20. The zero-order valence-corrected chi connectivity index (χ0v) is 36.6. The highest BCUT2D eigenvalue weighted by Crippen LogP contribution is 2.64. The van der Waals surface area contributed by atoms with Crippen molar-refractivity contribution < 1.29 is 6.85 Å². The Bertz CT molecular complexity index is 3730. The number of nitrogens with zero attached hydrogens (tertiary/aromatic N) is 2. The van der Waals surface area contributed by atoms with E-state index in [1.165, 1.54) is 66.8 Å². The van der Waals surface area contributed by atoms with Crippen LogP contribution >= 0.6 is 0 Å². The van der Waals surface area contributed by atoms with Crippen molar-refractivity contribution in [3.63, 3.8) is 0 Å². The maximum atomic E-state index is 8.82. The van der Waals surface area contributed by atoms with Gasteiger partial charge in [-0.15, -0.1) is 0 Å². The van der Waals surface area contributed by atoms with Crippen molar-refractivity contribution in [1.29, 1.82) is 0 Å². The number of benzene rings is 10. The van der Waals surface area contributed by atoms with Gasteiger partial charge in [0.25, 0.3) is 0 Å². The molecule has 0 saturated carbocycles. The van der Waals surface area contributed by atoms with Crippen LogP contribution in [0.15, 0.2) is 243 Å². The lowest BCUT2D eigenvalue weighted by atomic mass is 9.70. The summed E-state index contributed by atoms with van der Waals surface area (Å²) in [4.78, 5) is 4.70. The van der Waals surface area contributed by atoms with Gasteiger partial charge in [0.15, 0.2) is 0 Å². The summed E-state index contributed by atoms with van der Waals surface area (Å²) in [6.45, 7) is 4.61. The maximum absolute atomic E-state index is 8.82. The molecule has 312 valence electrons. The van der Waals surface area contributed by atoms with Crippen molar-refractivity contribution in [1.82, 2.24) is 0 Å². The van der Waals surface area contributed by atoms with Gasteiger partial charge in [0, 0.05) is 39.4 Å². The molecule has 1 atom stereocenters. The zero-order chi connectivity index (χ0) is 48.3. The van der Waals surface area contributed by atoms with E-state index in [1.54, 1.807) is 0 Å². The van der Waals surface area contributed by atoms with Crippen molar-refractivity contribution in [2.75, 3.05) is 9.80 Å². The first-order valence-electron chi connectivity index (χ1n) is 25.2. The fourth-order valence-electron chi connectivity index (χ4n) is 11.5. The number of para-hydroxylation sites is 2. The normalized spacial score (nSPS) is 16.4. The Morgan fingerprint density at radius 2 is 0.788 bits per heavy atom. The van der Waals surface area contributed by atoms with Gasteiger partial charge in [0.2, 0.25) is 0 Å². The Balaban J connectivity index is 1.07. The molecule has 10 aromatic carbocycles. The highest BCUT2D eigenvalue weighted by Gasteiger charge is 2.52. The maximum Gasteiger partial charge on any atom is 0.0727 e. The average molecular weight is 848 g/mol. The van der Waals surface area contributed by atoms with E-state index in [2.05, 4.69) is 212 Å². The van der Waals surface area contributed by atoms with Gasteiger partial charge in [-0.05, 0) is 139 Å². The molecule has 0 saturated heterocycles. The molecular formula is C64H46N2. The summed E-state index contributed by atoms with van der Waals surface area (Å²) in [7, 11) is 0. The third kappa shape index (κ3) is 5.48. The standard InChI is InChI=1S/C64H46N2/c1-63(2)55-28-15-14-27-54(55)62-58(63)31-18-32-61(62)66(47-35-33-44(34-36-47)43-19-6-3-7-20-43)49-38-40-53-51-26-13-17-30-57(51)64(60(53)42-49)56-29-16-12-25-50(56)52-39-37-48(41-59(52)64)65(45-21-8-4-9-22-45)46-23-10-5-11-24-46/h3-42H,1-2H3/i3D,6D,7D,19D,20D. The number of hydrogen-bond donors (Lipinski definition) is 0. The molecule has 66 heavy (non-hydrogen) atoms. The van der Waals surface area contributed by atoms with Crippen LogP contribution in [0.5, 0.6) is 0 Å². The first-order chi connectivity index (χ1) is 34.6. The van der Waals surface area contributed by atoms with Crippen LogP contribution in [0.3, 0.4) is 0 Å². The van der Waals surface area contributed by atoms with Crippen molar-refractivity contribution in [2.45, 2.75) is 24.7 Å². The van der Waals surface area contributed by atoms with Crippen LogP contribution < -0.4 is 9.80 Å². The van der Waals surface area contributed by atoms with Crippen LogP contribution in [0.1, 0.15) is 54.1 Å². The molecule has 0 fully saturated rings. The van der Waals surface area contributed by atoms with Crippen molar-refractivity contribution in [2.24, 2.45) is 0 Å². The molecular weight excluding hydrogens is 797 g/mol. The summed E-state index contributed by atoms with van der Waals surface area (Å²) in [5.41, 5.74) is 20.5. The van der Waals surface area contributed by atoms with E-state index in [-0.39, 0.29) is 35.1 Å². The number of rotatable bonds is 7. The lowest BCUT2D eigenvalue weighted by Gasteiger charge is -2.34. The molecule has 0 bridgehead atoms. The Labute approximate surface area is 394 Å². The second-order valence-corrected chi connectivity index (χ2v) is 18.1. The molecule has 0 aromatic heterocycles. The predicted octanol–water partition coefficient (Wildman–Crippen LogP) is 16.9. The van der Waals surface area contributed by atoms with Crippen LogP contribution in [0, 0.1) is 0 Å². The van der Waals surface area contributed by atoms with Crippen molar-refractivity contribution >= 4 is 34.1 Å². The lowest BCUT2D eigenvalue weighted by molar-refractivity contribution is 0.660. The molecule has 2 heteroatoms. The summed E-state index contributed by atoms with van der Waals surface area (Å²) < 4.78 is 42.8. The van der Waals surface area contributed by atoms with E-state index in [0.717, 1.165) is 34.1 Å². The summed E-state index contributed by atoms with van der Waals surface area (Å²) in [5, 5.41) is 0. The molecule has 0 heterocycles. The number of hydrogen-bond acceptors (Lipinski definition) is 2. The van der Waals surface area contributed by atoms with E-state index in [9.17, 15) is 0 Å². The van der Waals surface area contributed by atoms with Crippen molar-refractivity contribution in [3.8, 4) is 44.5 Å². The molecule has 1 unspecified atom stereocenters. The minimum Gasteiger partial charge on any atom is -0.310 e. The van der Waals surface area contributed by atoms with E-state index in [1.807, 2.05) is 24.3 Å². The second kappa shape index (κ2) is 14.7. The monoisotopic (exact) mass is 847 g/mol. The highest BCUT2D eigenvalue weighted by atomic mass is 15.2. The Morgan fingerprint density at radius 3 is 1.38 bits per heavy atom. The van der Waals surface area contributed by atoms with E-state index in [0.29, 0.717) is 5.56 Å². The van der Waals surface area contributed by atoms with Gasteiger partial charge >= 0.3 is 0 Å². The molecule has 0 N–H and O–H groups in total. The SMILES string of the molecule is [2H]c1c([2H])c([2H])c(-c2ccc(N(c3ccc4c(c3)C3(c5ccccc5-c5ccc(N(c6ccccc6)c6ccccc6)cc53)c3ccccc3-4)c3cccc4c3-c3ccccc3C4(C)C)cc2)c([2H])c1[2H]. The van der Waals surface area contributed by atoms with E-state index < -0.39 is 11.5 Å². The van der Waals surface area contributed by atoms with E-state index >= 15 is 0 Å².